The number of aliphatic hydroxyl groups excluding tert-OH is 2. The fourth-order valence-corrected chi connectivity index (χ4v) is 7.13. The predicted molar refractivity (Wildman–Crippen MR) is 176 cm³/mol. The Kier molecular flexibility index (Phi) is 14.7. The van der Waals surface area contributed by atoms with Crippen molar-refractivity contribution in [3.63, 3.8) is 0 Å². The molecule has 0 aliphatic carbocycles. The minimum Gasteiger partial charge on any atom is -0.459 e. The molecule has 0 unspecified atom stereocenters. The molecular weight excluding hydrogens is 610 g/mol. The molecule has 13 heteroatoms. The fourth-order valence-electron chi connectivity index (χ4n) is 7.13. The number of nitrogens with zero attached hydrogens (tertiary/aromatic N) is 2. The van der Waals surface area contributed by atoms with Gasteiger partial charge in [0, 0.05) is 31.7 Å². The van der Waals surface area contributed by atoms with Gasteiger partial charge in [0.25, 0.3) is 0 Å². The van der Waals surface area contributed by atoms with Gasteiger partial charge in [-0.3, -0.25) is 9.59 Å². The third-order valence-electron chi connectivity index (χ3n) is 10.1. The summed E-state index contributed by atoms with van der Waals surface area (Å²) in [6, 6.07) is -1.80. The van der Waals surface area contributed by atoms with Crippen molar-refractivity contribution in [3.05, 3.63) is 0 Å². The van der Waals surface area contributed by atoms with Crippen molar-refractivity contribution in [1.29, 1.82) is 0 Å². The topological polar surface area (TPSA) is 167 Å². The van der Waals surface area contributed by atoms with Gasteiger partial charge >= 0.3 is 12.0 Å². The molecule has 0 saturated carbocycles. The molecule has 2 amide bonds. The second-order valence-electron chi connectivity index (χ2n) is 14.9. The summed E-state index contributed by atoms with van der Waals surface area (Å²) in [5.41, 5.74) is -3.13. The van der Waals surface area contributed by atoms with Gasteiger partial charge in [-0.05, 0) is 87.7 Å². The van der Waals surface area contributed by atoms with Gasteiger partial charge in [-0.25, -0.2) is 4.79 Å². The van der Waals surface area contributed by atoms with E-state index in [0.29, 0.717) is 6.42 Å². The third kappa shape index (κ3) is 9.64. The summed E-state index contributed by atoms with van der Waals surface area (Å²) in [5, 5.41) is 37.4. The lowest BCUT2D eigenvalue weighted by atomic mass is 9.78. The van der Waals surface area contributed by atoms with E-state index in [-0.39, 0.29) is 43.5 Å². The minimum atomic E-state index is -1.96. The normalized spacial score (nSPS) is 41.7. The molecular formula is C34H63N3O10. The Bertz CT molecular complexity index is 1060. The molecule has 0 aromatic heterocycles. The van der Waals surface area contributed by atoms with Crippen molar-refractivity contribution in [2.75, 3.05) is 27.7 Å². The average Bonchev–Trinajstić information content (AvgIpc) is 2.99. The van der Waals surface area contributed by atoms with E-state index in [4.69, 9.17) is 18.9 Å². The predicted octanol–water partition coefficient (Wildman–Crippen LogP) is 2.33. The molecule has 0 aromatic carbocycles. The van der Waals surface area contributed by atoms with Gasteiger partial charge < -0.3 is 49.4 Å². The monoisotopic (exact) mass is 673 g/mol. The van der Waals surface area contributed by atoms with Crippen molar-refractivity contribution in [2.24, 2.45) is 17.8 Å². The maximum atomic E-state index is 14.0. The standard InChI is InChI=1S/C34H63N3O10/c1-14-25-34(10,43)28(40)23(8)37(32(42)35-18(2)3)17-19(4)16-33(9,44-13)29(21(6)26(38)22(7)30(41)46-25)47-31-27(39)24(36(11)12)15-20(5)45-31/h18-25,27-29,31,39-40,43H,14-17H2,1-13H3,(H,35,42)/t19-,20-,21+,22-,23-,24+,25-,27-,28-,29-,31+,33-,34-/m1/s1. The Morgan fingerprint density at radius 1 is 1.13 bits per heavy atom. The number of aliphatic hydroxyl groups is 3. The lowest BCUT2D eigenvalue weighted by Crippen LogP contribution is -2.62. The van der Waals surface area contributed by atoms with Crippen molar-refractivity contribution < 1.29 is 48.7 Å². The van der Waals surface area contributed by atoms with Crippen LogP contribution in [-0.2, 0) is 28.5 Å². The molecule has 2 fully saturated rings. The van der Waals surface area contributed by atoms with Gasteiger partial charge in [0.05, 0.1) is 23.9 Å². The number of likely N-dealkylation sites (N-methyl/N-ethyl adjacent to an activating group) is 1. The molecule has 0 spiro atoms. The number of rotatable bonds is 6. The van der Waals surface area contributed by atoms with E-state index in [1.807, 2.05) is 46.7 Å². The van der Waals surface area contributed by atoms with Crippen LogP contribution in [-0.4, -0.2) is 137 Å². The summed E-state index contributed by atoms with van der Waals surface area (Å²) >= 11 is 0. The van der Waals surface area contributed by atoms with Crippen LogP contribution in [0.15, 0.2) is 0 Å². The molecule has 13 atom stereocenters. The molecule has 13 nitrogen and oxygen atoms in total. The molecule has 274 valence electrons. The molecule has 2 rings (SSSR count). The van der Waals surface area contributed by atoms with Crippen molar-refractivity contribution in [2.45, 2.75) is 155 Å². The summed E-state index contributed by atoms with van der Waals surface area (Å²) in [7, 11) is 5.25. The van der Waals surface area contributed by atoms with Gasteiger partial charge in [0.15, 0.2) is 12.1 Å². The largest absolute Gasteiger partial charge is 0.459 e. The second kappa shape index (κ2) is 16.7. The summed E-state index contributed by atoms with van der Waals surface area (Å²) in [6.45, 7) is 17.2. The van der Waals surface area contributed by atoms with Crippen LogP contribution in [0.3, 0.4) is 0 Å². The number of urea groups is 1. The van der Waals surface area contributed by atoms with Gasteiger partial charge in [-0.15, -0.1) is 0 Å². The number of esters is 1. The van der Waals surface area contributed by atoms with Crippen LogP contribution in [0.25, 0.3) is 0 Å². The van der Waals surface area contributed by atoms with E-state index < -0.39 is 77.6 Å². The molecule has 2 aliphatic heterocycles. The maximum Gasteiger partial charge on any atom is 0.317 e. The lowest BCUT2D eigenvalue weighted by molar-refractivity contribution is -0.295. The van der Waals surface area contributed by atoms with E-state index in [2.05, 4.69) is 5.32 Å². The highest BCUT2D eigenvalue weighted by atomic mass is 16.7. The number of Topliss-reactive ketones (excluding diaryl/α,β-unsaturated/α-hetero) is 1. The summed E-state index contributed by atoms with van der Waals surface area (Å²) < 4.78 is 24.5. The Balaban J connectivity index is 2.70. The van der Waals surface area contributed by atoms with Crippen molar-refractivity contribution in [1.82, 2.24) is 15.1 Å². The number of ketones is 1. The number of hydrogen-bond acceptors (Lipinski definition) is 11. The molecule has 2 saturated heterocycles. The Morgan fingerprint density at radius 2 is 1.72 bits per heavy atom. The van der Waals surface area contributed by atoms with E-state index in [1.165, 1.54) is 25.9 Å². The Hall–Kier alpha value is -1.87. The van der Waals surface area contributed by atoms with E-state index in [9.17, 15) is 29.7 Å². The second-order valence-corrected chi connectivity index (χ2v) is 14.9. The Labute approximate surface area is 281 Å². The first-order valence-electron chi connectivity index (χ1n) is 17.0. The van der Waals surface area contributed by atoms with Crippen LogP contribution in [0.4, 0.5) is 4.79 Å². The van der Waals surface area contributed by atoms with Crippen molar-refractivity contribution in [3.8, 4) is 0 Å². The molecule has 4 N–H and O–H groups in total. The summed E-state index contributed by atoms with van der Waals surface area (Å²) in [4.78, 5) is 44.5. The number of nitrogens with one attached hydrogen (secondary N) is 1. The van der Waals surface area contributed by atoms with E-state index in [0.717, 1.165) is 0 Å². The van der Waals surface area contributed by atoms with Crippen LogP contribution in [0, 0.1) is 17.8 Å². The molecule has 47 heavy (non-hydrogen) atoms. The molecule has 0 bridgehead atoms. The minimum absolute atomic E-state index is 0.142. The first-order valence-corrected chi connectivity index (χ1v) is 17.0. The zero-order valence-electron chi connectivity index (χ0n) is 30.9. The number of amides is 2. The van der Waals surface area contributed by atoms with Crippen LogP contribution >= 0.6 is 0 Å². The molecule has 0 aromatic rings. The number of cyclic esters (lactones) is 1. The first-order chi connectivity index (χ1) is 21.6. The number of carbonyl (C=O) groups is 3. The maximum absolute atomic E-state index is 14.0. The third-order valence-corrected chi connectivity index (χ3v) is 10.1. The SMILES string of the molecule is CC[C@H]1OC(=O)[C@H](C)C(=O)[C@H](C)[C@@H](O[C@@H]2O[C@H](C)C[C@H](N(C)C)[C@H]2O)[C@](C)(OC)C[C@@H](C)CN(C(=O)NC(C)C)[C@H](C)[C@@H](O)[C@]1(C)O. The number of hydrogen-bond donors (Lipinski definition) is 4. The van der Waals surface area contributed by atoms with E-state index in [1.54, 1.807) is 27.7 Å². The quantitative estimate of drug-likeness (QED) is 0.241. The fraction of sp³-hybridized carbons (Fsp3) is 0.912. The number of carbonyl (C=O) groups excluding carboxylic acids is 3. The molecule has 2 aliphatic rings. The zero-order chi connectivity index (χ0) is 36.2. The highest BCUT2D eigenvalue weighted by molar-refractivity contribution is 6.00. The van der Waals surface area contributed by atoms with Gasteiger partial charge in [0.1, 0.15) is 29.8 Å². The highest BCUT2D eigenvalue weighted by Crippen LogP contribution is 2.37. The average molecular weight is 674 g/mol. The van der Waals surface area contributed by atoms with Crippen molar-refractivity contribution >= 4 is 17.8 Å². The number of ether oxygens (including phenoxy) is 4. The van der Waals surface area contributed by atoms with Crippen LogP contribution < -0.4 is 5.32 Å². The smallest absolute Gasteiger partial charge is 0.317 e. The molecule has 0 radical (unpaired) electrons. The lowest BCUT2D eigenvalue weighted by Gasteiger charge is -2.47. The van der Waals surface area contributed by atoms with Gasteiger partial charge in [-0.1, -0.05) is 20.8 Å². The van der Waals surface area contributed by atoms with Crippen LogP contribution in [0.1, 0.15) is 88.5 Å². The van der Waals surface area contributed by atoms with Gasteiger partial charge in [0.2, 0.25) is 0 Å². The summed E-state index contributed by atoms with van der Waals surface area (Å²) in [5.74, 6) is -3.80. The number of methoxy groups -OCH3 is 1. The van der Waals surface area contributed by atoms with E-state index >= 15 is 0 Å². The van der Waals surface area contributed by atoms with Gasteiger partial charge in [-0.2, -0.15) is 0 Å². The molecule has 2 heterocycles. The summed E-state index contributed by atoms with van der Waals surface area (Å²) in [6.07, 6.45) is -5.06. The Morgan fingerprint density at radius 3 is 2.23 bits per heavy atom. The van der Waals surface area contributed by atoms with Crippen LogP contribution in [0.2, 0.25) is 0 Å². The van der Waals surface area contributed by atoms with Crippen LogP contribution in [0.5, 0.6) is 0 Å². The highest BCUT2D eigenvalue weighted by Gasteiger charge is 2.51. The zero-order valence-corrected chi connectivity index (χ0v) is 30.9. The first kappa shape index (κ1) is 41.3.